The Morgan fingerprint density at radius 2 is 1.66 bits per heavy atom. The standard InChI is InChI=1S/C27H32O5/c1-27(31-19-23-15-9-4-10-16-23)25(30-18-22-13-7-3-8-14-22)24(32-26(27)28)20-29-17-21-11-5-2-6-12-21/h2-9,11-15,24-26,28H,10,16-20H2,1H3/t24-,25-,26?,27-/m1/s1. The van der Waals surface area contributed by atoms with Crippen molar-refractivity contribution < 1.29 is 24.1 Å². The van der Waals surface area contributed by atoms with E-state index in [1.807, 2.05) is 67.6 Å². The molecule has 0 amide bonds. The lowest BCUT2D eigenvalue weighted by Crippen LogP contribution is -2.50. The molecule has 1 aliphatic heterocycles. The molecule has 0 saturated carbocycles. The Balaban J connectivity index is 1.43. The molecule has 170 valence electrons. The van der Waals surface area contributed by atoms with Gasteiger partial charge in [-0.05, 0) is 36.5 Å². The van der Waals surface area contributed by atoms with Gasteiger partial charge in [0.2, 0.25) is 0 Å². The Bertz CT molecular complexity index is 895. The quantitative estimate of drug-likeness (QED) is 0.592. The Kier molecular flexibility index (Phi) is 7.90. The smallest absolute Gasteiger partial charge is 0.187 e. The number of allylic oxidation sites excluding steroid dienone is 3. The van der Waals surface area contributed by atoms with Gasteiger partial charge in [-0.2, -0.15) is 0 Å². The Labute approximate surface area is 190 Å². The molecule has 0 aromatic heterocycles. The van der Waals surface area contributed by atoms with Crippen molar-refractivity contribution >= 4 is 0 Å². The van der Waals surface area contributed by atoms with Gasteiger partial charge in [-0.3, -0.25) is 0 Å². The summed E-state index contributed by atoms with van der Waals surface area (Å²) in [5.41, 5.74) is 2.34. The zero-order chi connectivity index (χ0) is 22.2. The summed E-state index contributed by atoms with van der Waals surface area (Å²) >= 11 is 0. The van der Waals surface area contributed by atoms with E-state index in [1.165, 1.54) is 5.57 Å². The number of aliphatic hydroxyl groups excluding tert-OH is 1. The monoisotopic (exact) mass is 436 g/mol. The molecule has 2 aliphatic rings. The van der Waals surface area contributed by atoms with Crippen molar-refractivity contribution in [2.45, 2.75) is 57.1 Å². The van der Waals surface area contributed by atoms with Crippen LogP contribution in [0.25, 0.3) is 0 Å². The van der Waals surface area contributed by atoms with Crippen molar-refractivity contribution in [3.05, 3.63) is 95.6 Å². The van der Waals surface area contributed by atoms with E-state index in [2.05, 4.69) is 18.2 Å². The van der Waals surface area contributed by atoms with Crippen LogP contribution in [0.2, 0.25) is 0 Å². The van der Waals surface area contributed by atoms with E-state index in [4.69, 9.17) is 18.9 Å². The molecule has 5 heteroatoms. The summed E-state index contributed by atoms with van der Waals surface area (Å²) in [6, 6.07) is 20.0. The molecule has 32 heavy (non-hydrogen) atoms. The van der Waals surface area contributed by atoms with E-state index in [-0.39, 0.29) is 0 Å². The van der Waals surface area contributed by atoms with Crippen LogP contribution in [0.4, 0.5) is 0 Å². The number of benzene rings is 2. The molecule has 4 rings (SSSR count). The maximum Gasteiger partial charge on any atom is 0.187 e. The molecule has 1 aliphatic carbocycles. The summed E-state index contributed by atoms with van der Waals surface area (Å²) in [5, 5.41) is 10.8. The molecule has 0 bridgehead atoms. The van der Waals surface area contributed by atoms with Crippen LogP contribution >= 0.6 is 0 Å². The topological polar surface area (TPSA) is 57.2 Å². The highest BCUT2D eigenvalue weighted by Crippen LogP contribution is 2.37. The first kappa shape index (κ1) is 22.9. The summed E-state index contributed by atoms with van der Waals surface area (Å²) in [4.78, 5) is 0. The van der Waals surface area contributed by atoms with Gasteiger partial charge < -0.3 is 24.1 Å². The fraction of sp³-hybridized carbons (Fsp3) is 0.407. The second-order valence-electron chi connectivity index (χ2n) is 8.51. The molecule has 1 unspecified atom stereocenters. The van der Waals surface area contributed by atoms with E-state index in [0.717, 1.165) is 24.0 Å². The van der Waals surface area contributed by atoms with Crippen LogP contribution in [0.15, 0.2) is 84.5 Å². The maximum absolute atomic E-state index is 10.8. The van der Waals surface area contributed by atoms with Gasteiger partial charge >= 0.3 is 0 Å². The van der Waals surface area contributed by atoms with E-state index in [1.54, 1.807) is 0 Å². The maximum atomic E-state index is 10.8. The highest BCUT2D eigenvalue weighted by atomic mass is 16.7. The first-order valence-corrected chi connectivity index (χ1v) is 11.2. The number of hydrogen-bond donors (Lipinski definition) is 1. The van der Waals surface area contributed by atoms with Crippen molar-refractivity contribution in [2.75, 3.05) is 13.2 Å². The molecular weight excluding hydrogens is 404 g/mol. The van der Waals surface area contributed by atoms with Crippen molar-refractivity contribution in [1.82, 2.24) is 0 Å². The largest absolute Gasteiger partial charge is 0.374 e. The summed E-state index contributed by atoms with van der Waals surface area (Å²) < 4.78 is 24.4. The lowest BCUT2D eigenvalue weighted by atomic mass is 9.96. The third-order valence-corrected chi connectivity index (χ3v) is 6.03. The predicted octanol–water partition coefficient (Wildman–Crippen LogP) is 4.56. The minimum atomic E-state index is -1.10. The van der Waals surface area contributed by atoms with Gasteiger partial charge in [0.15, 0.2) is 6.29 Å². The Morgan fingerprint density at radius 3 is 2.31 bits per heavy atom. The van der Waals surface area contributed by atoms with Gasteiger partial charge in [0.05, 0.1) is 26.4 Å². The molecule has 1 heterocycles. The third kappa shape index (κ3) is 5.74. The van der Waals surface area contributed by atoms with Gasteiger partial charge in [0.25, 0.3) is 0 Å². The van der Waals surface area contributed by atoms with Gasteiger partial charge in [-0.25, -0.2) is 0 Å². The fourth-order valence-electron chi connectivity index (χ4n) is 4.08. The van der Waals surface area contributed by atoms with Crippen LogP contribution in [0, 0.1) is 0 Å². The van der Waals surface area contributed by atoms with E-state index in [0.29, 0.717) is 26.4 Å². The molecule has 1 saturated heterocycles. The molecule has 1 fully saturated rings. The fourth-order valence-corrected chi connectivity index (χ4v) is 4.08. The van der Waals surface area contributed by atoms with Gasteiger partial charge in [-0.15, -0.1) is 0 Å². The van der Waals surface area contributed by atoms with Crippen LogP contribution in [0.3, 0.4) is 0 Å². The minimum absolute atomic E-state index is 0.301. The summed E-state index contributed by atoms with van der Waals surface area (Å²) in [6.45, 7) is 3.48. The van der Waals surface area contributed by atoms with Crippen LogP contribution in [0.5, 0.6) is 0 Å². The normalized spacial score (nSPS) is 27.4. The highest BCUT2D eigenvalue weighted by molar-refractivity contribution is 5.18. The second-order valence-corrected chi connectivity index (χ2v) is 8.51. The number of hydrogen-bond acceptors (Lipinski definition) is 5. The van der Waals surface area contributed by atoms with Gasteiger partial charge in [-0.1, -0.05) is 78.9 Å². The molecule has 1 N–H and O–H groups in total. The van der Waals surface area contributed by atoms with Crippen molar-refractivity contribution in [3.8, 4) is 0 Å². The average Bonchev–Trinajstić information content (AvgIpc) is 3.07. The van der Waals surface area contributed by atoms with Gasteiger partial charge in [0, 0.05) is 0 Å². The molecule has 2 aromatic carbocycles. The summed E-state index contributed by atoms with van der Waals surface area (Å²) in [7, 11) is 0. The average molecular weight is 437 g/mol. The molecule has 2 aromatic rings. The van der Waals surface area contributed by atoms with E-state index >= 15 is 0 Å². The minimum Gasteiger partial charge on any atom is -0.374 e. The van der Waals surface area contributed by atoms with Crippen LogP contribution in [-0.2, 0) is 32.2 Å². The molecule has 4 atom stereocenters. The number of rotatable bonds is 10. The molecular formula is C27H32O5. The van der Waals surface area contributed by atoms with Crippen molar-refractivity contribution in [3.63, 3.8) is 0 Å². The lowest BCUT2D eigenvalue weighted by molar-refractivity contribution is -0.195. The Morgan fingerprint density at radius 1 is 0.969 bits per heavy atom. The van der Waals surface area contributed by atoms with Crippen molar-refractivity contribution in [2.24, 2.45) is 0 Å². The summed E-state index contributed by atoms with van der Waals surface area (Å²) in [5.74, 6) is 0. The van der Waals surface area contributed by atoms with E-state index < -0.39 is 24.1 Å². The van der Waals surface area contributed by atoms with Gasteiger partial charge in [0.1, 0.15) is 17.8 Å². The first-order chi connectivity index (χ1) is 15.6. The highest BCUT2D eigenvalue weighted by Gasteiger charge is 2.55. The molecule has 5 nitrogen and oxygen atoms in total. The van der Waals surface area contributed by atoms with Crippen molar-refractivity contribution in [1.29, 1.82) is 0 Å². The predicted molar refractivity (Wildman–Crippen MR) is 123 cm³/mol. The SMILES string of the molecule is C[C@]1(OCC2=CC=CCC2)C(O)O[C@H](COCc2ccccc2)[C@H]1OCc1ccccc1. The number of aliphatic hydroxyl groups is 1. The van der Waals surface area contributed by atoms with Crippen LogP contribution in [0.1, 0.15) is 30.9 Å². The molecule has 0 radical (unpaired) electrons. The third-order valence-electron chi connectivity index (χ3n) is 6.03. The van der Waals surface area contributed by atoms with Crippen LogP contribution in [-0.4, -0.2) is 42.4 Å². The zero-order valence-electron chi connectivity index (χ0n) is 18.6. The zero-order valence-corrected chi connectivity index (χ0v) is 18.6. The molecule has 0 spiro atoms. The summed E-state index contributed by atoms with van der Waals surface area (Å²) in [6.07, 6.45) is 6.22. The number of ether oxygens (including phenoxy) is 4. The first-order valence-electron chi connectivity index (χ1n) is 11.2. The lowest BCUT2D eigenvalue weighted by Gasteiger charge is -2.34. The Hall–Kier alpha value is -2.28. The second kappa shape index (κ2) is 11.0. The van der Waals surface area contributed by atoms with Crippen LogP contribution < -0.4 is 0 Å². The van der Waals surface area contributed by atoms with E-state index in [9.17, 15) is 5.11 Å².